The first kappa shape index (κ1) is 10.1. The number of rotatable bonds is 3. The molecule has 1 nitrogen and oxygen atoms in total. The predicted molar refractivity (Wildman–Crippen MR) is 48.4 cm³/mol. The van der Waals surface area contributed by atoms with Crippen LogP contribution in [0, 0.1) is 11.6 Å². The van der Waals surface area contributed by atoms with Crippen LogP contribution in [0.1, 0.15) is 12.5 Å². The van der Waals surface area contributed by atoms with Crippen molar-refractivity contribution >= 4 is 0 Å². The molecular formula is C10H13F2N. The van der Waals surface area contributed by atoms with Crippen molar-refractivity contribution < 1.29 is 8.78 Å². The summed E-state index contributed by atoms with van der Waals surface area (Å²) < 4.78 is 25.6. The minimum absolute atomic E-state index is 0.472. The molecule has 0 spiro atoms. The van der Waals surface area contributed by atoms with Crippen molar-refractivity contribution in [3.05, 3.63) is 35.4 Å². The minimum atomic E-state index is -0.527. The highest BCUT2D eigenvalue weighted by molar-refractivity contribution is 5.18. The summed E-state index contributed by atoms with van der Waals surface area (Å²) in [6, 6.07) is 3.68. The quantitative estimate of drug-likeness (QED) is 0.699. The van der Waals surface area contributed by atoms with Gasteiger partial charge in [0.1, 0.15) is 11.6 Å². The first-order chi connectivity index (χ1) is 6.13. The SMILES string of the molecule is CCN(C)Cc1ccc(F)cc1F. The summed E-state index contributed by atoms with van der Waals surface area (Å²) in [6.45, 7) is 3.35. The van der Waals surface area contributed by atoms with Gasteiger partial charge in [0.15, 0.2) is 0 Å². The second kappa shape index (κ2) is 4.33. The summed E-state index contributed by atoms with van der Waals surface area (Å²) in [7, 11) is 1.89. The molecule has 0 atom stereocenters. The number of hydrogen-bond donors (Lipinski definition) is 0. The van der Waals surface area contributed by atoms with E-state index in [2.05, 4.69) is 0 Å². The van der Waals surface area contributed by atoms with Gasteiger partial charge in [0.25, 0.3) is 0 Å². The Bertz CT molecular complexity index is 286. The van der Waals surface area contributed by atoms with E-state index in [9.17, 15) is 8.78 Å². The van der Waals surface area contributed by atoms with Crippen LogP contribution in [0.2, 0.25) is 0 Å². The molecule has 0 fully saturated rings. The molecule has 0 aliphatic rings. The number of halogens is 2. The zero-order chi connectivity index (χ0) is 9.84. The summed E-state index contributed by atoms with van der Waals surface area (Å²) in [5, 5.41) is 0. The van der Waals surface area contributed by atoms with Gasteiger partial charge < -0.3 is 4.90 Å². The predicted octanol–water partition coefficient (Wildman–Crippen LogP) is 2.42. The van der Waals surface area contributed by atoms with E-state index in [1.165, 1.54) is 12.1 Å². The Morgan fingerprint density at radius 2 is 2.00 bits per heavy atom. The zero-order valence-corrected chi connectivity index (χ0v) is 7.85. The van der Waals surface area contributed by atoms with E-state index in [0.717, 1.165) is 12.6 Å². The molecule has 3 heteroatoms. The van der Waals surface area contributed by atoms with Crippen molar-refractivity contribution in [2.24, 2.45) is 0 Å². The van der Waals surface area contributed by atoms with Crippen LogP contribution in [0.4, 0.5) is 8.78 Å². The van der Waals surface area contributed by atoms with Crippen LogP contribution in [0.25, 0.3) is 0 Å². The molecule has 1 aromatic rings. The van der Waals surface area contributed by atoms with Crippen LogP contribution in [0.3, 0.4) is 0 Å². The lowest BCUT2D eigenvalue weighted by atomic mass is 10.2. The van der Waals surface area contributed by atoms with Crippen LogP contribution in [-0.2, 0) is 6.54 Å². The Morgan fingerprint density at radius 3 is 2.54 bits per heavy atom. The molecule has 13 heavy (non-hydrogen) atoms. The van der Waals surface area contributed by atoms with Gasteiger partial charge >= 0.3 is 0 Å². The van der Waals surface area contributed by atoms with E-state index in [-0.39, 0.29) is 0 Å². The van der Waals surface area contributed by atoms with Crippen LogP contribution in [0.5, 0.6) is 0 Å². The standard InChI is InChI=1S/C10H13F2N/c1-3-13(2)7-8-4-5-9(11)6-10(8)12/h4-6H,3,7H2,1-2H3. The van der Waals surface area contributed by atoms with Crippen molar-refractivity contribution in [2.45, 2.75) is 13.5 Å². The fourth-order valence-corrected chi connectivity index (χ4v) is 1.05. The van der Waals surface area contributed by atoms with E-state index in [0.29, 0.717) is 12.1 Å². The van der Waals surface area contributed by atoms with Crippen molar-refractivity contribution in [2.75, 3.05) is 13.6 Å². The van der Waals surface area contributed by atoms with Crippen molar-refractivity contribution in [3.8, 4) is 0 Å². The molecule has 1 rings (SSSR count). The first-order valence-electron chi connectivity index (χ1n) is 4.26. The number of benzene rings is 1. The van der Waals surface area contributed by atoms with E-state index in [4.69, 9.17) is 0 Å². The van der Waals surface area contributed by atoms with Crippen molar-refractivity contribution in [1.29, 1.82) is 0 Å². The lowest BCUT2D eigenvalue weighted by Crippen LogP contribution is -2.17. The summed E-state index contributed by atoms with van der Waals surface area (Å²) in [5.74, 6) is -0.999. The van der Waals surface area contributed by atoms with E-state index >= 15 is 0 Å². The largest absolute Gasteiger partial charge is 0.302 e. The molecule has 0 radical (unpaired) electrons. The molecule has 0 heterocycles. The Hall–Kier alpha value is -0.960. The molecule has 0 amide bonds. The fourth-order valence-electron chi connectivity index (χ4n) is 1.05. The lowest BCUT2D eigenvalue weighted by molar-refractivity contribution is 0.339. The third kappa shape index (κ3) is 2.77. The van der Waals surface area contributed by atoms with E-state index < -0.39 is 11.6 Å². The van der Waals surface area contributed by atoms with Gasteiger partial charge in [-0.15, -0.1) is 0 Å². The maximum absolute atomic E-state index is 13.1. The van der Waals surface area contributed by atoms with Gasteiger partial charge in [-0.25, -0.2) is 8.78 Å². The molecule has 0 aliphatic carbocycles. The maximum Gasteiger partial charge on any atom is 0.130 e. The molecule has 0 aliphatic heterocycles. The molecule has 0 N–H and O–H groups in total. The van der Waals surface area contributed by atoms with Gasteiger partial charge in [0.2, 0.25) is 0 Å². The minimum Gasteiger partial charge on any atom is -0.302 e. The van der Waals surface area contributed by atoms with Crippen LogP contribution in [0.15, 0.2) is 18.2 Å². The molecule has 1 aromatic carbocycles. The third-order valence-corrected chi connectivity index (χ3v) is 2.00. The second-order valence-corrected chi connectivity index (χ2v) is 3.07. The topological polar surface area (TPSA) is 3.24 Å². The number of nitrogens with zero attached hydrogens (tertiary/aromatic N) is 1. The molecular weight excluding hydrogens is 172 g/mol. The molecule has 0 unspecified atom stereocenters. The van der Waals surface area contributed by atoms with Gasteiger partial charge in [-0.1, -0.05) is 13.0 Å². The van der Waals surface area contributed by atoms with Gasteiger partial charge in [0.05, 0.1) is 0 Å². The Kier molecular flexibility index (Phi) is 3.37. The Morgan fingerprint density at radius 1 is 1.31 bits per heavy atom. The second-order valence-electron chi connectivity index (χ2n) is 3.07. The number of hydrogen-bond acceptors (Lipinski definition) is 1. The maximum atomic E-state index is 13.1. The summed E-state index contributed by atoms with van der Waals surface area (Å²) >= 11 is 0. The first-order valence-corrected chi connectivity index (χ1v) is 4.26. The smallest absolute Gasteiger partial charge is 0.130 e. The van der Waals surface area contributed by atoms with Gasteiger partial charge in [-0.3, -0.25) is 0 Å². The highest BCUT2D eigenvalue weighted by Crippen LogP contribution is 2.10. The average molecular weight is 185 g/mol. The Balaban J connectivity index is 2.77. The summed E-state index contributed by atoms with van der Waals surface area (Å²) in [5.41, 5.74) is 0.533. The van der Waals surface area contributed by atoms with Crippen LogP contribution < -0.4 is 0 Å². The fraction of sp³-hybridized carbons (Fsp3) is 0.400. The van der Waals surface area contributed by atoms with Crippen molar-refractivity contribution in [1.82, 2.24) is 4.90 Å². The highest BCUT2D eigenvalue weighted by atomic mass is 19.1. The van der Waals surface area contributed by atoms with Crippen molar-refractivity contribution in [3.63, 3.8) is 0 Å². The summed E-state index contributed by atoms with van der Waals surface area (Å²) in [4.78, 5) is 1.95. The van der Waals surface area contributed by atoms with E-state index in [1.807, 2.05) is 18.9 Å². The van der Waals surface area contributed by atoms with Gasteiger partial charge in [0, 0.05) is 18.2 Å². The molecule has 0 saturated heterocycles. The average Bonchev–Trinajstić information content (AvgIpc) is 2.09. The van der Waals surface area contributed by atoms with Crippen LogP contribution >= 0.6 is 0 Å². The van der Waals surface area contributed by atoms with Gasteiger partial charge in [-0.2, -0.15) is 0 Å². The van der Waals surface area contributed by atoms with Crippen LogP contribution in [-0.4, -0.2) is 18.5 Å². The monoisotopic (exact) mass is 185 g/mol. The third-order valence-electron chi connectivity index (χ3n) is 2.00. The van der Waals surface area contributed by atoms with E-state index in [1.54, 1.807) is 0 Å². The zero-order valence-electron chi connectivity index (χ0n) is 7.85. The lowest BCUT2D eigenvalue weighted by Gasteiger charge is -2.13. The summed E-state index contributed by atoms with van der Waals surface area (Å²) in [6.07, 6.45) is 0. The molecule has 72 valence electrons. The molecule has 0 aromatic heterocycles. The molecule has 0 bridgehead atoms. The van der Waals surface area contributed by atoms with Gasteiger partial charge in [-0.05, 0) is 19.7 Å². The Labute approximate surface area is 77.0 Å². The highest BCUT2D eigenvalue weighted by Gasteiger charge is 2.05. The molecule has 0 saturated carbocycles. The normalized spacial score (nSPS) is 10.8.